The molecule has 0 spiro atoms. The number of amides is 1. The quantitative estimate of drug-likeness (QED) is 0.115. The first-order valence-electron chi connectivity index (χ1n) is 12.2. The average molecular weight is 479 g/mol. The van der Waals surface area contributed by atoms with Gasteiger partial charge >= 0.3 is 0 Å². The van der Waals surface area contributed by atoms with E-state index in [9.17, 15) is 14.3 Å². The van der Waals surface area contributed by atoms with E-state index in [2.05, 4.69) is 33.4 Å². The minimum Gasteiger partial charge on any atom is -0.756 e. The Labute approximate surface area is 194 Å². The number of nitrogens with one attached hydrogen (secondary N) is 1. The summed E-state index contributed by atoms with van der Waals surface area (Å²) in [4.78, 5) is 23.1. The lowest BCUT2D eigenvalue weighted by Crippen LogP contribution is -2.28. The van der Waals surface area contributed by atoms with E-state index in [0.717, 1.165) is 25.7 Å². The van der Waals surface area contributed by atoms with Crippen molar-refractivity contribution in [1.82, 2.24) is 5.32 Å². The lowest BCUT2D eigenvalue weighted by Gasteiger charge is -2.23. The molecule has 8 nitrogen and oxygen atoms in total. The Morgan fingerprint density at radius 3 is 2.12 bits per heavy atom. The molecule has 0 aromatic heterocycles. The molecule has 0 saturated carbocycles. The fourth-order valence-electron chi connectivity index (χ4n) is 3.06. The number of aliphatic hydroxyl groups is 2. The van der Waals surface area contributed by atoms with E-state index in [1.54, 1.807) is 0 Å². The maximum absolute atomic E-state index is 11.7. The molecule has 3 N–H and O–H groups in total. The molecule has 0 rings (SSSR count). The monoisotopic (exact) mass is 478 g/mol. The van der Waals surface area contributed by atoms with E-state index in [1.165, 1.54) is 57.8 Å². The largest absolute Gasteiger partial charge is 0.756 e. The van der Waals surface area contributed by atoms with Crippen LogP contribution in [0.3, 0.4) is 0 Å². The van der Waals surface area contributed by atoms with E-state index in [4.69, 9.17) is 10.2 Å². The van der Waals surface area contributed by atoms with Gasteiger partial charge < -0.3 is 29.5 Å². The van der Waals surface area contributed by atoms with Crippen LogP contribution in [0.5, 0.6) is 0 Å². The van der Waals surface area contributed by atoms with Crippen LogP contribution in [0.4, 0.5) is 0 Å². The molecule has 0 aliphatic heterocycles. The lowest BCUT2D eigenvalue weighted by molar-refractivity contribution is -0.227. The molecular weight excluding hydrogens is 433 g/mol. The van der Waals surface area contributed by atoms with Gasteiger partial charge in [0, 0.05) is 13.0 Å². The summed E-state index contributed by atoms with van der Waals surface area (Å²) in [7, 11) is -4.55. The van der Waals surface area contributed by atoms with Gasteiger partial charge in [0.2, 0.25) is 5.91 Å². The smallest absolute Gasteiger partial charge is 0.268 e. The summed E-state index contributed by atoms with van der Waals surface area (Å²) in [6.07, 6.45) is 19.4. The first-order chi connectivity index (χ1) is 15.4. The van der Waals surface area contributed by atoms with Crippen LogP contribution < -0.4 is 10.2 Å². The highest BCUT2D eigenvalue weighted by Gasteiger charge is 2.12. The maximum atomic E-state index is 11.7. The molecule has 0 fully saturated rings. The highest BCUT2D eigenvalue weighted by molar-refractivity contribution is 7.45. The normalized spacial score (nSPS) is 14.5. The van der Waals surface area contributed by atoms with Crippen LogP contribution in [0.2, 0.25) is 0 Å². The van der Waals surface area contributed by atoms with Gasteiger partial charge in [-0.1, -0.05) is 70.4 Å². The summed E-state index contributed by atoms with van der Waals surface area (Å²) in [6.45, 7) is 0.883. The molecule has 0 aliphatic rings. The van der Waals surface area contributed by atoms with Gasteiger partial charge in [-0.05, 0) is 32.1 Å². The molecule has 1 amide bonds. The topological polar surface area (TPSA) is 128 Å². The summed E-state index contributed by atoms with van der Waals surface area (Å²) >= 11 is 0. The first kappa shape index (κ1) is 31.2. The third-order valence-electron chi connectivity index (χ3n) is 4.98. The molecule has 190 valence electrons. The highest BCUT2D eigenvalue weighted by atomic mass is 31.2. The van der Waals surface area contributed by atoms with Gasteiger partial charge in [0.25, 0.3) is 7.82 Å². The molecule has 0 radical (unpaired) electrons. The number of allylic oxidation sites excluding steroid dienone is 2. The Bertz CT molecular complexity index is 517. The number of carbonyl (C=O) groups excluding carboxylic acids is 1. The van der Waals surface area contributed by atoms with Gasteiger partial charge in [-0.2, -0.15) is 0 Å². The third-order valence-corrected chi connectivity index (χ3v) is 5.94. The van der Waals surface area contributed by atoms with Crippen LogP contribution in [-0.2, 0) is 18.4 Å². The number of aliphatic hydroxyl groups excluding tert-OH is 2. The van der Waals surface area contributed by atoms with Crippen LogP contribution in [0.15, 0.2) is 12.2 Å². The Morgan fingerprint density at radius 2 is 1.53 bits per heavy atom. The Balaban J connectivity index is 3.44. The molecule has 0 heterocycles. The van der Waals surface area contributed by atoms with E-state index in [1.807, 2.05) is 0 Å². The van der Waals surface area contributed by atoms with Gasteiger partial charge in [-0.3, -0.25) is 9.36 Å². The fraction of sp³-hybridized carbons (Fsp3) is 0.870. The Hall–Kier alpha value is -0.760. The summed E-state index contributed by atoms with van der Waals surface area (Å²) in [5.41, 5.74) is 0. The molecule has 0 saturated heterocycles. The van der Waals surface area contributed by atoms with E-state index >= 15 is 0 Å². The highest BCUT2D eigenvalue weighted by Crippen LogP contribution is 2.37. The van der Waals surface area contributed by atoms with Crippen molar-refractivity contribution < 1.29 is 33.5 Å². The van der Waals surface area contributed by atoms with Gasteiger partial charge in [-0.25, -0.2) is 0 Å². The zero-order chi connectivity index (χ0) is 23.9. The maximum Gasteiger partial charge on any atom is 0.268 e. The van der Waals surface area contributed by atoms with Crippen LogP contribution in [0.1, 0.15) is 96.8 Å². The standard InChI is InChI=1S/C23H46NO7P/c1-2-3-4-5-6-7-8-9-10-11-12-13-14-15-16-17-23(27)24-18-19-30-32(28,29)31-21-22(26)20-25/h9-10,22,25-26H,2-8,11-21H2,1H3,(H,24,27)(H,28,29)/p-1/b10-9-. The fourth-order valence-corrected chi connectivity index (χ4v) is 3.80. The molecule has 0 aromatic carbocycles. The summed E-state index contributed by atoms with van der Waals surface area (Å²) in [6, 6.07) is 0. The van der Waals surface area contributed by atoms with Crippen molar-refractivity contribution in [2.75, 3.05) is 26.4 Å². The van der Waals surface area contributed by atoms with Gasteiger partial charge in [0.1, 0.15) is 6.10 Å². The number of carbonyl (C=O) groups is 1. The van der Waals surface area contributed by atoms with Crippen LogP contribution in [0.25, 0.3) is 0 Å². The number of unbranched alkanes of at least 4 members (excludes halogenated alkanes) is 11. The molecular formula is C23H45NO7P-. The Morgan fingerprint density at radius 1 is 0.969 bits per heavy atom. The van der Waals surface area contributed by atoms with Crippen molar-refractivity contribution in [1.29, 1.82) is 0 Å². The van der Waals surface area contributed by atoms with Crippen molar-refractivity contribution in [2.24, 2.45) is 0 Å². The molecule has 32 heavy (non-hydrogen) atoms. The zero-order valence-electron chi connectivity index (χ0n) is 19.8. The predicted octanol–water partition coefficient (Wildman–Crippen LogP) is 3.99. The molecule has 2 unspecified atom stereocenters. The van der Waals surface area contributed by atoms with Crippen molar-refractivity contribution in [3.8, 4) is 0 Å². The summed E-state index contributed by atoms with van der Waals surface area (Å²) < 4.78 is 20.4. The Kier molecular flexibility index (Phi) is 21.5. The van der Waals surface area contributed by atoms with Gasteiger partial charge in [0.15, 0.2) is 0 Å². The number of rotatable bonds is 23. The van der Waals surface area contributed by atoms with Crippen molar-refractivity contribution in [3.63, 3.8) is 0 Å². The molecule has 2 atom stereocenters. The molecule has 0 aromatic rings. The van der Waals surface area contributed by atoms with E-state index in [-0.39, 0.29) is 19.1 Å². The second-order valence-corrected chi connectivity index (χ2v) is 9.51. The summed E-state index contributed by atoms with van der Waals surface area (Å²) in [5.74, 6) is -0.136. The van der Waals surface area contributed by atoms with Gasteiger partial charge in [0.05, 0.1) is 19.8 Å². The second kappa shape index (κ2) is 22.1. The molecule has 9 heteroatoms. The molecule has 0 aliphatic carbocycles. The minimum atomic E-state index is -4.55. The zero-order valence-corrected chi connectivity index (χ0v) is 20.7. The SMILES string of the molecule is CCCCCCCC/C=C\CCCCCCCC(=O)NCCOP(=O)([O-])OCC(O)CO. The average Bonchev–Trinajstić information content (AvgIpc) is 2.77. The van der Waals surface area contributed by atoms with Gasteiger partial charge in [-0.15, -0.1) is 0 Å². The van der Waals surface area contributed by atoms with E-state index < -0.39 is 27.1 Å². The van der Waals surface area contributed by atoms with Crippen molar-refractivity contribution in [2.45, 2.75) is 103 Å². The predicted molar refractivity (Wildman–Crippen MR) is 125 cm³/mol. The van der Waals surface area contributed by atoms with Crippen LogP contribution in [-0.4, -0.2) is 48.6 Å². The first-order valence-corrected chi connectivity index (χ1v) is 13.7. The van der Waals surface area contributed by atoms with E-state index in [0.29, 0.717) is 6.42 Å². The minimum absolute atomic E-state index is 0.0576. The van der Waals surface area contributed by atoms with Crippen LogP contribution in [0, 0.1) is 0 Å². The number of phosphoric ester groups is 1. The number of hydrogen-bond donors (Lipinski definition) is 3. The summed E-state index contributed by atoms with van der Waals surface area (Å²) in [5, 5.41) is 20.2. The van der Waals surface area contributed by atoms with Crippen LogP contribution >= 0.6 is 7.82 Å². The third kappa shape index (κ3) is 22.4. The molecule has 0 bridgehead atoms. The number of phosphoric acid groups is 1. The van der Waals surface area contributed by atoms with Crippen molar-refractivity contribution >= 4 is 13.7 Å². The number of hydrogen-bond acceptors (Lipinski definition) is 7. The van der Waals surface area contributed by atoms with Crippen molar-refractivity contribution in [3.05, 3.63) is 12.2 Å². The second-order valence-electron chi connectivity index (χ2n) is 8.10. The lowest BCUT2D eigenvalue weighted by atomic mass is 10.1.